The molecule has 0 bridgehead atoms. The molecule has 122 valence electrons. The lowest BCUT2D eigenvalue weighted by Gasteiger charge is -2.29. The van der Waals surface area contributed by atoms with Gasteiger partial charge in [-0.2, -0.15) is 18.3 Å². The quantitative estimate of drug-likeness (QED) is 0.846. The van der Waals surface area contributed by atoms with Crippen LogP contribution in [0.3, 0.4) is 0 Å². The van der Waals surface area contributed by atoms with Crippen LogP contribution in [-0.2, 0) is 0 Å². The fourth-order valence-electron chi connectivity index (χ4n) is 2.37. The molecule has 0 unspecified atom stereocenters. The molecule has 1 aromatic rings. The zero-order chi connectivity index (χ0) is 17.0. The van der Waals surface area contributed by atoms with E-state index in [9.17, 15) is 13.2 Å². The number of nitrogens with one attached hydrogen (secondary N) is 1. The Labute approximate surface area is 133 Å². The van der Waals surface area contributed by atoms with Gasteiger partial charge < -0.3 is 0 Å². The number of benzene rings is 1. The van der Waals surface area contributed by atoms with Crippen molar-refractivity contribution < 1.29 is 13.2 Å². The Morgan fingerprint density at radius 3 is 2.30 bits per heavy atom. The zero-order valence-electron chi connectivity index (χ0n) is 13.1. The number of likely N-dealkylation sites (N-methyl/N-ethyl adjacent to an activating group) is 1. The summed E-state index contributed by atoms with van der Waals surface area (Å²) in [5.41, 5.74) is 4.00. The van der Waals surface area contributed by atoms with Crippen molar-refractivity contribution in [3.8, 4) is 0 Å². The minimum Gasteiger partial charge on any atom is -0.275 e. The van der Waals surface area contributed by atoms with Crippen molar-refractivity contribution in [2.45, 2.75) is 20.0 Å². The van der Waals surface area contributed by atoms with Crippen LogP contribution in [0.5, 0.6) is 0 Å². The minimum atomic E-state index is -4.42. The van der Waals surface area contributed by atoms with E-state index in [0.29, 0.717) is 11.4 Å². The third kappa shape index (κ3) is 3.64. The van der Waals surface area contributed by atoms with Gasteiger partial charge in [-0.05, 0) is 19.9 Å². The molecule has 0 fully saturated rings. The van der Waals surface area contributed by atoms with E-state index in [-0.39, 0.29) is 5.57 Å². The first-order valence-corrected chi connectivity index (χ1v) is 7.13. The molecule has 1 N–H and O–H groups in total. The molecule has 0 saturated carbocycles. The summed E-state index contributed by atoms with van der Waals surface area (Å²) in [6.45, 7) is 2.97. The van der Waals surface area contributed by atoms with E-state index in [2.05, 4.69) is 10.6 Å². The Kier molecular flexibility index (Phi) is 4.93. The Morgan fingerprint density at radius 1 is 1.13 bits per heavy atom. The number of hydrazone groups is 1. The minimum absolute atomic E-state index is 0.110. The molecular formula is C17H18F3N3. The van der Waals surface area contributed by atoms with Crippen LogP contribution in [0.4, 0.5) is 13.2 Å². The summed E-state index contributed by atoms with van der Waals surface area (Å²) in [4.78, 5) is 0. The number of hydrazine groups is 1. The van der Waals surface area contributed by atoms with Crippen LogP contribution in [0, 0.1) is 0 Å². The van der Waals surface area contributed by atoms with Gasteiger partial charge in [0.15, 0.2) is 0 Å². The summed E-state index contributed by atoms with van der Waals surface area (Å²) in [6, 6.07) is 9.29. The highest BCUT2D eigenvalue weighted by Crippen LogP contribution is 2.35. The van der Waals surface area contributed by atoms with E-state index < -0.39 is 11.7 Å². The van der Waals surface area contributed by atoms with Gasteiger partial charge in [-0.1, -0.05) is 42.5 Å². The van der Waals surface area contributed by atoms with Crippen molar-refractivity contribution in [3.63, 3.8) is 0 Å². The van der Waals surface area contributed by atoms with Gasteiger partial charge in [-0.3, -0.25) is 5.01 Å². The van der Waals surface area contributed by atoms with Crippen molar-refractivity contribution in [2.75, 3.05) is 7.05 Å². The van der Waals surface area contributed by atoms with Crippen molar-refractivity contribution >= 4 is 5.71 Å². The van der Waals surface area contributed by atoms with Crippen LogP contribution in [0.25, 0.3) is 0 Å². The molecule has 23 heavy (non-hydrogen) atoms. The number of allylic oxidation sites excluding steroid dienone is 4. The third-order valence-corrected chi connectivity index (χ3v) is 3.47. The van der Waals surface area contributed by atoms with Crippen molar-refractivity contribution in [1.29, 1.82) is 0 Å². The van der Waals surface area contributed by atoms with Gasteiger partial charge in [-0.25, -0.2) is 5.53 Å². The number of nitrogens with zero attached hydrogens (tertiary/aromatic N) is 2. The second-order valence-electron chi connectivity index (χ2n) is 4.95. The number of hydrogen-bond acceptors (Lipinski definition) is 3. The molecule has 0 radical (unpaired) electrons. The molecule has 6 heteroatoms. The van der Waals surface area contributed by atoms with E-state index in [1.165, 1.54) is 18.0 Å². The lowest BCUT2D eigenvalue weighted by Crippen LogP contribution is -2.36. The Hall–Kier alpha value is -2.50. The maximum absolute atomic E-state index is 13.3. The van der Waals surface area contributed by atoms with Gasteiger partial charge in [0.05, 0.1) is 17.0 Å². The molecule has 0 aliphatic carbocycles. The number of rotatable bonds is 3. The molecule has 2 rings (SSSR count). The summed E-state index contributed by atoms with van der Waals surface area (Å²) in [7, 11) is 1.63. The van der Waals surface area contributed by atoms with Crippen LogP contribution in [0.15, 0.2) is 70.5 Å². The highest BCUT2D eigenvalue weighted by molar-refractivity contribution is 6.09. The zero-order valence-corrected chi connectivity index (χ0v) is 13.1. The number of alkyl halides is 3. The summed E-state index contributed by atoms with van der Waals surface area (Å²) in [6.07, 6.45) is -0.227. The van der Waals surface area contributed by atoms with Crippen molar-refractivity contribution in [1.82, 2.24) is 10.5 Å². The van der Waals surface area contributed by atoms with E-state index in [1.54, 1.807) is 20.0 Å². The predicted molar refractivity (Wildman–Crippen MR) is 85.5 cm³/mol. The van der Waals surface area contributed by atoms with Gasteiger partial charge in [0.25, 0.3) is 0 Å². The summed E-state index contributed by atoms with van der Waals surface area (Å²) >= 11 is 0. The maximum atomic E-state index is 13.3. The first-order chi connectivity index (χ1) is 10.9. The van der Waals surface area contributed by atoms with Crippen LogP contribution < -0.4 is 5.53 Å². The number of hydrogen-bond donors (Lipinski definition) is 1. The van der Waals surface area contributed by atoms with E-state index in [1.807, 2.05) is 30.3 Å². The Bertz CT molecular complexity index is 683. The SMILES string of the molecule is C/C=C(C1=CC(c2ccccc2)=NNN1C)\C(=C/C)C(F)(F)F. The average Bonchev–Trinajstić information content (AvgIpc) is 2.53. The van der Waals surface area contributed by atoms with Crippen LogP contribution in [0.2, 0.25) is 0 Å². The summed E-state index contributed by atoms with van der Waals surface area (Å²) < 4.78 is 39.8. The van der Waals surface area contributed by atoms with E-state index >= 15 is 0 Å². The normalized spacial score (nSPS) is 16.7. The standard InChI is InChI=1S/C17H18F3N3/c1-4-13(14(5-2)17(18,19)20)16-11-15(21-22-23(16)3)12-9-7-6-8-10-12/h4-11,22H,1-3H3/b13-4+,14-5+. The second-order valence-corrected chi connectivity index (χ2v) is 4.95. The van der Waals surface area contributed by atoms with Gasteiger partial charge >= 0.3 is 6.18 Å². The van der Waals surface area contributed by atoms with E-state index in [4.69, 9.17) is 0 Å². The second kappa shape index (κ2) is 6.73. The molecule has 0 amide bonds. The fourth-order valence-corrected chi connectivity index (χ4v) is 2.37. The van der Waals surface area contributed by atoms with Gasteiger partial charge in [0, 0.05) is 18.2 Å². The molecule has 1 aliphatic rings. The molecule has 1 aliphatic heterocycles. The highest BCUT2D eigenvalue weighted by atomic mass is 19.4. The summed E-state index contributed by atoms with van der Waals surface area (Å²) in [5.74, 6) is 0. The molecule has 1 heterocycles. The molecular weight excluding hydrogens is 303 g/mol. The molecule has 0 atom stereocenters. The van der Waals surface area contributed by atoms with Crippen LogP contribution in [0.1, 0.15) is 19.4 Å². The van der Waals surface area contributed by atoms with Gasteiger partial charge in [-0.15, -0.1) is 0 Å². The molecule has 1 aromatic carbocycles. The third-order valence-electron chi connectivity index (χ3n) is 3.47. The largest absolute Gasteiger partial charge is 0.416 e. The van der Waals surface area contributed by atoms with Gasteiger partial charge in [0.1, 0.15) is 0 Å². The summed E-state index contributed by atoms with van der Waals surface area (Å²) in [5, 5.41) is 5.65. The van der Waals surface area contributed by atoms with Crippen LogP contribution >= 0.6 is 0 Å². The fraction of sp³-hybridized carbons (Fsp3) is 0.235. The monoisotopic (exact) mass is 321 g/mol. The smallest absolute Gasteiger partial charge is 0.275 e. The molecule has 0 saturated heterocycles. The lowest BCUT2D eigenvalue weighted by atomic mass is 9.98. The van der Waals surface area contributed by atoms with Crippen LogP contribution in [-0.4, -0.2) is 23.9 Å². The average molecular weight is 321 g/mol. The first kappa shape index (κ1) is 16.9. The Balaban J connectivity index is 2.47. The van der Waals surface area contributed by atoms with E-state index in [0.717, 1.165) is 11.6 Å². The topological polar surface area (TPSA) is 27.6 Å². The van der Waals surface area contributed by atoms with Gasteiger partial charge in [0.2, 0.25) is 0 Å². The molecule has 3 nitrogen and oxygen atoms in total. The van der Waals surface area contributed by atoms with Crippen molar-refractivity contribution in [3.05, 3.63) is 71.0 Å². The molecule has 0 aromatic heterocycles. The maximum Gasteiger partial charge on any atom is 0.416 e. The molecule has 0 spiro atoms. The first-order valence-electron chi connectivity index (χ1n) is 7.13. The Morgan fingerprint density at radius 2 is 1.78 bits per heavy atom. The highest BCUT2D eigenvalue weighted by Gasteiger charge is 2.37. The lowest BCUT2D eigenvalue weighted by molar-refractivity contribution is -0.0895. The number of halogens is 3. The van der Waals surface area contributed by atoms with Crippen molar-refractivity contribution in [2.24, 2.45) is 5.10 Å². The predicted octanol–water partition coefficient (Wildman–Crippen LogP) is 4.18.